The van der Waals surface area contributed by atoms with Gasteiger partial charge in [-0.05, 0) is 49.5 Å². The quantitative estimate of drug-likeness (QED) is 0.776. The molecule has 7 heteroatoms. The Labute approximate surface area is 133 Å². The highest BCUT2D eigenvalue weighted by molar-refractivity contribution is 5.69. The van der Waals surface area contributed by atoms with Crippen molar-refractivity contribution in [2.24, 2.45) is 5.92 Å². The van der Waals surface area contributed by atoms with E-state index in [4.69, 9.17) is 0 Å². The summed E-state index contributed by atoms with van der Waals surface area (Å²) in [5.41, 5.74) is 0.936. The smallest absolute Gasteiger partial charge is 0.469 e. The van der Waals surface area contributed by atoms with Crippen molar-refractivity contribution in [3.63, 3.8) is 0 Å². The average Bonchev–Trinajstić information content (AvgIpc) is 2.49. The van der Waals surface area contributed by atoms with E-state index in [1.54, 1.807) is 12.1 Å². The topological polar surface area (TPSA) is 38.8 Å². The first-order valence-electron chi connectivity index (χ1n) is 7.49. The third kappa shape index (κ3) is 6.09. The molecular weight excluding hydrogens is 311 g/mol. The number of rotatable bonds is 5. The molecule has 0 N–H and O–H groups in total. The number of alkyl halides is 3. The fourth-order valence-corrected chi connectivity index (χ4v) is 2.72. The Balaban J connectivity index is 1.79. The molecule has 1 aromatic rings. The number of piperidine rings is 1. The maximum Gasteiger partial charge on any atom is 0.573 e. The highest BCUT2D eigenvalue weighted by Gasteiger charge is 2.31. The maximum absolute atomic E-state index is 12.1. The lowest BCUT2D eigenvalue weighted by atomic mass is 9.93. The number of likely N-dealkylation sites (tertiary alicyclic amines) is 1. The van der Waals surface area contributed by atoms with Crippen LogP contribution >= 0.6 is 0 Å². The van der Waals surface area contributed by atoms with Crippen molar-refractivity contribution in [1.82, 2.24) is 4.90 Å². The van der Waals surface area contributed by atoms with Crippen LogP contribution in [0.4, 0.5) is 13.2 Å². The Morgan fingerprint density at radius 3 is 2.35 bits per heavy atom. The van der Waals surface area contributed by atoms with E-state index < -0.39 is 6.36 Å². The minimum absolute atomic E-state index is 0.177. The van der Waals surface area contributed by atoms with Gasteiger partial charge in [0, 0.05) is 13.0 Å². The number of ether oxygens (including phenoxy) is 2. The molecule has 23 heavy (non-hydrogen) atoms. The van der Waals surface area contributed by atoms with Crippen LogP contribution in [0.2, 0.25) is 0 Å². The monoisotopic (exact) mass is 331 g/mol. The molecule has 1 aromatic carbocycles. The number of nitrogens with zero attached hydrogens (tertiary/aromatic N) is 1. The van der Waals surface area contributed by atoms with Gasteiger partial charge in [0.2, 0.25) is 0 Å². The van der Waals surface area contributed by atoms with Crippen LogP contribution in [-0.2, 0) is 16.1 Å². The first-order chi connectivity index (χ1) is 10.9. The number of hydrogen-bond donors (Lipinski definition) is 0. The van der Waals surface area contributed by atoms with Gasteiger partial charge in [-0.3, -0.25) is 9.69 Å². The molecule has 1 aliphatic rings. The Morgan fingerprint density at radius 1 is 1.22 bits per heavy atom. The summed E-state index contributed by atoms with van der Waals surface area (Å²) in [7, 11) is 1.39. The minimum Gasteiger partial charge on any atom is -0.469 e. The number of hydrogen-bond acceptors (Lipinski definition) is 4. The molecule has 0 spiro atoms. The zero-order valence-electron chi connectivity index (χ0n) is 12.9. The Bertz CT molecular complexity index is 508. The van der Waals surface area contributed by atoms with Crippen LogP contribution < -0.4 is 4.74 Å². The Kier molecular flexibility index (Phi) is 5.87. The molecule has 1 fully saturated rings. The SMILES string of the molecule is COC(=O)CC1CCN(Cc2ccc(OC(F)(F)F)cc2)CC1. The molecule has 0 unspecified atom stereocenters. The number of carbonyl (C=O) groups excluding carboxylic acids is 1. The number of carbonyl (C=O) groups is 1. The van der Waals surface area contributed by atoms with Crippen molar-refractivity contribution in [3.05, 3.63) is 29.8 Å². The van der Waals surface area contributed by atoms with Crippen LogP contribution in [-0.4, -0.2) is 37.4 Å². The van der Waals surface area contributed by atoms with Crippen molar-refractivity contribution in [3.8, 4) is 5.75 Å². The van der Waals surface area contributed by atoms with Crippen molar-refractivity contribution in [2.45, 2.75) is 32.2 Å². The first-order valence-corrected chi connectivity index (χ1v) is 7.49. The number of halogens is 3. The van der Waals surface area contributed by atoms with Crippen molar-refractivity contribution < 1.29 is 27.4 Å². The third-order valence-electron chi connectivity index (χ3n) is 3.95. The lowest BCUT2D eigenvalue weighted by Gasteiger charge is -2.31. The molecule has 0 aromatic heterocycles. The van der Waals surface area contributed by atoms with E-state index in [1.165, 1.54) is 19.2 Å². The summed E-state index contributed by atoms with van der Waals surface area (Å²) < 4.78 is 44.8. The second-order valence-electron chi connectivity index (χ2n) is 5.69. The first kappa shape index (κ1) is 17.6. The second kappa shape index (κ2) is 7.68. The van der Waals surface area contributed by atoms with Crippen LogP contribution in [0.25, 0.3) is 0 Å². The van der Waals surface area contributed by atoms with E-state index in [2.05, 4.69) is 14.4 Å². The van der Waals surface area contributed by atoms with E-state index in [1.807, 2.05) is 0 Å². The van der Waals surface area contributed by atoms with Gasteiger partial charge in [0.1, 0.15) is 5.75 Å². The van der Waals surface area contributed by atoms with Gasteiger partial charge in [0.05, 0.1) is 7.11 Å². The summed E-state index contributed by atoms with van der Waals surface area (Å²) in [6, 6.07) is 5.93. The largest absolute Gasteiger partial charge is 0.573 e. The highest BCUT2D eigenvalue weighted by atomic mass is 19.4. The lowest BCUT2D eigenvalue weighted by Crippen LogP contribution is -2.34. The Morgan fingerprint density at radius 2 is 1.83 bits per heavy atom. The van der Waals surface area contributed by atoms with Crippen molar-refractivity contribution in [2.75, 3.05) is 20.2 Å². The molecular formula is C16H20F3NO3. The van der Waals surface area contributed by atoms with Gasteiger partial charge in [-0.2, -0.15) is 0 Å². The molecule has 0 atom stereocenters. The molecule has 0 bridgehead atoms. The molecule has 1 aliphatic heterocycles. The molecule has 4 nitrogen and oxygen atoms in total. The van der Waals surface area contributed by atoms with Crippen LogP contribution in [0.3, 0.4) is 0 Å². The fraction of sp³-hybridized carbons (Fsp3) is 0.562. The van der Waals surface area contributed by atoms with Crippen LogP contribution in [0.15, 0.2) is 24.3 Å². The fourth-order valence-electron chi connectivity index (χ4n) is 2.72. The van der Waals surface area contributed by atoms with E-state index in [0.717, 1.165) is 31.5 Å². The molecule has 0 aliphatic carbocycles. The maximum atomic E-state index is 12.1. The Hall–Kier alpha value is -1.76. The van der Waals surface area contributed by atoms with Gasteiger partial charge >= 0.3 is 12.3 Å². The van der Waals surface area contributed by atoms with Crippen LogP contribution in [0.1, 0.15) is 24.8 Å². The van der Waals surface area contributed by atoms with E-state index in [9.17, 15) is 18.0 Å². The zero-order valence-corrected chi connectivity index (χ0v) is 12.9. The van der Waals surface area contributed by atoms with Crippen molar-refractivity contribution >= 4 is 5.97 Å². The van der Waals surface area contributed by atoms with E-state index in [-0.39, 0.29) is 11.7 Å². The molecule has 0 amide bonds. The summed E-state index contributed by atoms with van der Waals surface area (Å²) >= 11 is 0. The normalized spacial score (nSPS) is 17.0. The van der Waals surface area contributed by atoms with Gasteiger partial charge in [-0.15, -0.1) is 13.2 Å². The summed E-state index contributed by atoms with van der Waals surface area (Å²) in [4.78, 5) is 13.5. The van der Waals surface area contributed by atoms with Gasteiger partial charge in [0.15, 0.2) is 0 Å². The minimum atomic E-state index is -4.66. The predicted molar refractivity (Wildman–Crippen MR) is 77.8 cm³/mol. The van der Waals surface area contributed by atoms with Gasteiger partial charge in [-0.1, -0.05) is 12.1 Å². The third-order valence-corrected chi connectivity index (χ3v) is 3.95. The predicted octanol–water partition coefficient (Wildman–Crippen LogP) is 3.36. The van der Waals surface area contributed by atoms with Crippen LogP contribution in [0, 0.1) is 5.92 Å². The molecule has 2 rings (SSSR count). The average molecular weight is 331 g/mol. The molecule has 0 saturated carbocycles. The van der Waals surface area contributed by atoms with Gasteiger partial charge in [0.25, 0.3) is 0 Å². The second-order valence-corrected chi connectivity index (χ2v) is 5.69. The highest BCUT2D eigenvalue weighted by Crippen LogP contribution is 2.25. The zero-order chi connectivity index (χ0) is 16.9. The summed E-state index contributed by atoms with van der Waals surface area (Å²) in [6.45, 7) is 2.40. The number of benzene rings is 1. The van der Waals surface area contributed by atoms with Crippen LogP contribution in [0.5, 0.6) is 5.75 Å². The molecule has 128 valence electrons. The number of methoxy groups -OCH3 is 1. The van der Waals surface area contributed by atoms with E-state index in [0.29, 0.717) is 18.9 Å². The molecule has 0 radical (unpaired) electrons. The molecule has 1 heterocycles. The van der Waals surface area contributed by atoms with Gasteiger partial charge < -0.3 is 9.47 Å². The standard InChI is InChI=1S/C16H20F3NO3/c1-22-15(21)10-12-6-8-20(9-7-12)11-13-2-4-14(5-3-13)23-16(17,18)19/h2-5,12H,6-11H2,1H3. The number of esters is 1. The summed E-state index contributed by atoms with van der Waals surface area (Å²) in [5, 5.41) is 0. The van der Waals surface area contributed by atoms with E-state index >= 15 is 0 Å². The lowest BCUT2D eigenvalue weighted by molar-refractivity contribution is -0.274. The summed E-state index contributed by atoms with van der Waals surface area (Å²) in [5.74, 6) is -0.0389. The molecule has 1 saturated heterocycles. The summed E-state index contributed by atoms with van der Waals surface area (Å²) in [6.07, 6.45) is -2.37. The van der Waals surface area contributed by atoms with Crippen molar-refractivity contribution in [1.29, 1.82) is 0 Å². The van der Waals surface area contributed by atoms with Gasteiger partial charge in [-0.25, -0.2) is 0 Å².